The second-order valence-electron chi connectivity index (χ2n) is 12.0. The molecule has 3 aromatic heterocycles. The van der Waals surface area contributed by atoms with E-state index in [1.807, 2.05) is 24.3 Å². The van der Waals surface area contributed by atoms with Gasteiger partial charge in [0, 0.05) is 44.3 Å². The van der Waals surface area contributed by atoms with Gasteiger partial charge in [0.25, 0.3) is 0 Å². The predicted molar refractivity (Wildman–Crippen MR) is 206 cm³/mol. The van der Waals surface area contributed by atoms with Gasteiger partial charge in [0.2, 0.25) is 0 Å². The van der Waals surface area contributed by atoms with Crippen molar-refractivity contribution in [2.45, 2.75) is 0 Å². The van der Waals surface area contributed by atoms with Crippen LogP contribution in [0.3, 0.4) is 0 Å². The van der Waals surface area contributed by atoms with E-state index in [4.69, 9.17) is 9.97 Å². The Morgan fingerprint density at radius 3 is 0.712 bits per heavy atom. The maximum atomic E-state index is 5.35. The zero-order valence-corrected chi connectivity index (χ0v) is 31.2. The number of H-pyrrole nitrogens is 2. The van der Waals surface area contributed by atoms with Crippen molar-refractivity contribution in [1.29, 1.82) is 0 Å². The van der Waals surface area contributed by atoms with Crippen LogP contribution in [0.1, 0.15) is 22.8 Å². The van der Waals surface area contributed by atoms with Crippen LogP contribution in [-0.4, -0.2) is 37.3 Å². The topological polar surface area (TPSA) is 57.4 Å². The Labute approximate surface area is 331 Å². The molecule has 8 bridgehead atoms. The third-order valence-corrected chi connectivity index (χ3v) is 9.00. The summed E-state index contributed by atoms with van der Waals surface area (Å²) in [6.07, 6.45) is 8.54. The standard InChI is InChI=1S/C44H30N4.Al.3ClH/c1-5-13-29(14-6-1)41-33-21-23-35(45-33)42(30-15-7-2-8-16-30)37-25-27-39(47-37)44(32-19-11-4-12-20-32)40-28-26-38(48-40)43(31-17-9-3-10-18-31)36-24-22-34(41)46-36;;;;/h1-28,45,48H;;3*1H/q;+3;;;/p-3. The van der Waals surface area contributed by atoms with Crippen molar-refractivity contribution in [3.05, 3.63) is 168 Å². The van der Waals surface area contributed by atoms with Crippen LogP contribution in [0.4, 0.5) is 0 Å². The van der Waals surface area contributed by atoms with Crippen molar-refractivity contribution >= 4 is 63.7 Å². The van der Waals surface area contributed by atoms with E-state index in [0.717, 1.165) is 89.4 Å². The first kappa shape index (κ1) is 38.1. The third kappa shape index (κ3) is 7.03. The summed E-state index contributed by atoms with van der Waals surface area (Å²) >= 11 is 0. The van der Waals surface area contributed by atoms with E-state index in [2.05, 4.69) is 156 Å². The summed E-state index contributed by atoms with van der Waals surface area (Å²) in [7, 11) is 0. The first-order valence-corrected chi connectivity index (χ1v) is 16.2. The van der Waals surface area contributed by atoms with E-state index >= 15 is 0 Å². The molecule has 52 heavy (non-hydrogen) atoms. The van der Waals surface area contributed by atoms with Crippen molar-refractivity contribution in [2.75, 3.05) is 0 Å². The smallest absolute Gasteiger partial charge is 1.00 e. The minimum Gasteiger partial charge on any atom is -1.00 e. The molecule has 2 aliphatic heterocycles. The van der Waals surface area contributed by atoms with Crippen molar-refractivity contribution in [3.8, 4) is 44.5 Å². The number of nitrogens with zero attached hydrogens (tertiary/aromatic N) is 2. The van der Waals surface area contributed by atoms with Crippen molar-refractivity contribution in [3.63, 3.8) is 0 Å². The van der Waals surface area contributed by atoms with Gasteiger partial charge in [-0.05, 0) is 70.8 Å². The molecule has 9 rings (SSSR count). The number of aromatic amines is 2. The number of nitrogens with one attached hydrogen (secondary N) is 2. The van der Waals surface area contributed by atoms with E-state index < -0.39 is 0 Å². The predicted octanol–water partition coefficient (Wildman–Crippen LogP) is 1.95. The number of halogens is 3. The largest absolute Gasteiger partial charge is 3.00 e. The summed E-state index contributed by atoms with van der Waals surface area (Å²) < 4.78 is 0. The van der Waals surface area contributed by atoms with Gasteiger partial charge in [-0.3, -0.25) is 0 Å². The Hall–Kier alpha value is -5.12. The Bertz CT molecular complexity index is 2200. The van der Waals surface area contributed by atoms with Crippen molar-refractivity contribution in [1.82, 2.24) is 19.9 Å². The Morgan fingerprint density at radius 2 is 0.500 bits per heavy atom. The molecule has 4 aromatic carbocycles. The number of hydrogen-bond donors (Lipinski definition) is 2. The molecular weight excluding hydrogens is 718 g/mol. The fourth-order valence-corrected chi connectivity index (χ4v) is 6.84. The molecule has 2 aliphatic rings. The molecular formula is C44H30AlCl3N4. The molecule has 250 valence electrons. The van der Waals surface area contributed by atoms with Crippen LogP contribution in [0.5, 0.6) is 0 Å². The Balaban J connectivity index is 0.00000131. The van der Waals surface area contributed by atoms with Gasteiger partial charge in [-0.1, -0.05) is 121 Å². The zero-order chi connectivity index (χ0) is 31.9. The quantitative estimate of drug-likeness (QED) is 0.271. The third-order valence-electron chi connectivity index (χ3n) is 9.00. The Morgan fingerprint density at radius 1 is 0.288 bits per heavy atom. The SMILES string of the molecule is C1=Cc2nc1c(-c1ccccc1)c1ccc([nH]1)c(-c1ccccc1)c1nc(c(-c3ccccc3)c3ccc([nH]3)c2-c2ccccc2)C=C1.[Al+3].[Cl-].[Cl-].[Cl-]. The molecule has 0 saturated heterocycles. The molecule has 0 radical (unpaired) electrons. The first-order chi connectivity index (χ1) is 23.8. The molecule has 0 atom stereocenters. The van der Waals surface area contributed by atoms with Gasteiger partial charge < -0.3 is 47.2 Å². The molecule has 0 amide bonds. The number of rotatable bonds is 4. The van der Waals surface area contributed by atoms with Crippen molar-refractivity contribution < 1.29 is 37.2 Å². The summed E-state index contributed by atoms with van der Waals surface area (Å²) in [5.74, 6) is 0. The van der Waals surface area contributed by atoms with Gasteiger partial charge in [0.1, 0.15) is 0 Å². The maximum absolute atomic E-state index is 5.35. The molecule has 2 N–H and O–H groups in total. The van der Waals surface area contributed by atoms with Gasteiger partial charge in [-0.2, -0.15) is 0 Å². The van der Waals surface area contributed by atoms with Gasteiger partial charge in [0.15, 0.2) is 0 Å². The number of fused-ring (bicyclic) bond motifs is 8. The fraction of sp³-hybridized carbons (Fsp3) is 0. The normalized spacial score (nSPS) is 11.1. The van der Waals surface area contributed by atoms with E-state index in [1.165, 1.54) is 0 Å². The molecule has 8 heteroatoms. The molecule has 0 fully saturated rings. The van der Waals surface area contributed by atoms with E-state index in [1.54, 1.807) is 0 Å². The van der Waals surface area contributed by atoms with Crippen LogP contribution in [0.15, 0.2) is 146 Å². The average molecular weight is 748 g/mol. The molecule has 0 saturated carbocycles. The van der Waals surface area contributed by atoms with Crippen molar-refractivity contribution in [2.24, 2.45) is 0 Å². The summed E-state index contributed by atoms with van der Waals surface area (Å²) in [5.41, 5.74) is 16.2. The van der Waals surface area contributed by atoms with Crippen LogP contribution in [0, 0.1) is 0 Å². The summed E-state index contributed by atoms with van der Waals surface area (Å²) in [6.45, 7) is 0. The molecule has 0 aliphatic carbocycles. The summed E-state index contributed by atoms with van der Waals surface area (Å²) in [6, 6.07) is 50.7. The second kappa shape index (κ2) is 16.5. The van der Waals surface area contributed by atoms with Crippen LogP contribution in [0.25, 0.3) is 90.9 Å². The second-order valence-corrected chi connectivity index (χ2v) is 12.0. The zero-order valence-electron chi connectivity index (χ0n) is 27.8. The average Bonchev–Trinajstić information content (AvgIpc) is 3.98. The van der Waals surface area contributed by atoms with Gasteiger partial charge >= 0.3 is 17.4 Å². The minimum atomic E-state index is 0. The van der Waals surface area contributed by atoms with E-state index in [0.29, 0.717) is 0 Å². The molecule has 7 aromatic rings. The van der Waals surface area contributed by atoms with Gasteiger partial charge in [-0.25, -0.2) is 9.97 Å². The number of hydrogen-bond acceptors (Lipinski definition) is 2. The van der Waals surface area contributed by atoms with Crippen LogP contribution < -0.4 is 37.2 Å². The fourth-order valence-electron chi connectivity index (χ4n) is 6.84. The first-order valence-electron chi connectivity index (χ1n) is 16.2. The van der Waals surface area contributed by atoms with Gasteiger partial charge in [0.05, 0.1) is 22.8 Å². The van der Waals surface area contributed by atoms with Crippen LogP contribution in [0.2, 0.25) is 0 Å². The number of aromatic nitrogens is 4. The van der Waals surface area contributed by atoms with E-state index in [-0.39, 0.29) is 54.6 Å². The summed E-state index contributed by atoms with van der Waals surface area (Å²) in [5, 5.41) is 0. The summed E-state index contributed by atoms with van der Waals surface area (Å²) in [4.78, 5) is 18.3. The van der Waals surface area contributed by atoms with Crippen LogP contribution in [-0.2, 0) is 0 Å². The van der Waals surface area contributed by atoms with E-state index in [9.17, 15) is 0 Å². The maximum Gasteiger partial charge on any atom is 3.00 e. The van der Waals surface area contributed by atoms with Crippen LogP contribution >= 0.6 is 0 Å². The molecule has 4 nitrogen and oxygen atoms in total. The number of benzene rings is 4. The molecule has 0 unspecified atom stereocenters. The molecule has 0 spiro atoms. The molecule has 5 heterocycles. The monoisotopic (exact) mass is 746 g/mol. The van der Waals surface area contributed by atoms with Gasteiger partial charge in [-0.15, -0.1) is 0 Å². The Kier molecular flexibility index (Phi) is 12.1. The minimum absolute atomic E-state index is 0.